The van der Waals surface area contributed by atoms with E-state index in [4.69, 9.17) is 4.74 Å². The number of ether oxygens (including phenoxy) is 1. The van der Waals surface area contributed by atoms with Gasteiger partial charge in [0.15, 0.2) is 5.78 Å². The predicted octanol–water partition coefficient (Wildman–Crippen LogP) is 5.51. The molecule has 0 unspecified atom stereocenters. The number of rotatable bonds is 6. The molecule has 0 aliphatic rings. The maximum absolute atomic E-state index is 12.4. The van der Waals surface area contributed by atoms with Crippen molar-refractivity contribution in [2.75, 3.05) is 6.61 Å². The van der Waals surface area contributed by atoms with Crippen LogP contribution in [0.1, 0.15) is 71.2 Å². The highest BCUT2D eigenvalue weighted by Gasteiger charge is 2.25. The van der Waals surface area contributed by atoms with Gasteiger partial charge in [-0.05, 0) is 36.8 Å². The Labute approximate surface area is 129 Å². The second kappa shape index (κ2) is 7.11. The van der Waals surface area contributed by atoms with Gasteiger partial charge in [-0.25, -0.2) is 0 Å². The van der Waals surface area contributed by atoms with Gasteiger partial charge in [-0.2, -0.15) is 0 Å². The first-order valence-electron chi connectivity index (χ1n) is 7.88. The maximum Gasteiger partial charge on any atom is 0.171 e. The predicted molar refractivity (Wildman–Crippen MR) is 89.0 cm³/mol. The lowest BCUT2D eigenvalue weighted by molar-refractivity contribution is 0.0854. The molecule has 0 fully saturated rings. The molecule has 0 spiro atoms. The monoisotopic (exact) mass is 290 g/mol. The summed E-state index contributed by atoms with van der Waals surface area (Å²) in [5, 5.41) is 0. The quantitative estimate of drug-likeness (QED) is 0.510. The number of benzene rings is 1. The fraction of sp³-hybridized carbons (Fsp3) is 0.632. The molecule has 21 heavy (non-hydrogen) atoms. The minimum atomic E-state index is -0.383. The van der Waals surface area contributed by atoms with Crippen molar-refractivity contribution in [2.24, 2.45) is 10.8 Å². The number of hydrogen-bond donors (Lipinski definition) is 0. The first-order chi connectivity index (χ1) is 9.61. The topological polar surface area (TPSA) is 26.3 Å². The molecule has 0 atom stereocenters. The Kier molecular flexibility index (Phi) is 6.00. The van der Waals surface area contributed by atoms with E-state index in [1.807, 2.05) is 45.0 Å². The average Bonchev–Trinajstić information content (AvgIpc) is 2.35. The Morgan fingerprint density at radius 1 is 1.00 bits per heavy atom. The number of para-hydroxylation sites is 1. The summed E-state index contributed by atoms with van der Waals surface area (Å²) < 4.78 is 5.85. The minimum Gasteiger partial charge on any atom is -0.493 e. The summed E-state index contributed by atoms with van der Waals surface area (Å²) in [6, 6.07) is 7.57. The molecule has 0 radical (unpaired) electrons. The lowest BCUT2D eigenvalue weighted by atomic mass is 9.86. The molecule has 0 heterocycles. The van der Waals surface area contributed by atoms with Crippen LogP contribution in [0.3, 0.4) is 0 Å². The van der Waals surface area contributed by atoms with Gasteiger partial charge >= 0.3 is 0 Å². The van der Waals surface area contributed by atoms with Gasteiger partial charge in [0.25, 0.3) is 0 Å². The smallest absolute Gasteiger partial charge is 0.171 e. The van der Waals surface area contributed by atoms with Crippen LogP contribution in [0.4, 0.5) is 0 Å². The molecular formula is C19H30O2. The van der Waals surface area contributed by atoms with E-state index in [0.717, 1.165) is 12.8 Å². The fourth-order valence-corrected chi connectivity index (χ4v) is 2.12. The number of hydrogen-bond acceptors (Lipinski definition) is 2. The molecule has 118 valence electrons. The molecule has 0 aliphatic heterocycles. The molecule has 0 amide bonds. The van der Waals surface area contributed by atoms with Crippen LogP contribution in [0, 0.1) is 10.8 Å². The van der Waals surface area contributed by atoms with Gasteiger partial charge in [-0.15, -0.1) is 0 Å². The van der Waals surface area contributed by atoms with E-state index in [9.17, 15) is 4.79 Å². The molecule has 1 aromatic rings. The molecule has 2 heteroatoms. The molecule has 0 saturated heterocycles. The number of ketones is 1. The highest BCUT2D eigenvalue weighted by atomic mass is 16.5. The second-order valence-electron chi connectivity index (χ2n) is 7.94. The van der Waals surface area contributed by atoms with Gasteiger partial charge in [0.1, 0.15) is 5.75 Å². The number of carbonyl (C=O) groups excluding carboxylic acids is 1. The molecule has 1 rings (SSSR count). The van der Waals surface area contributed by atoms with E-state index in [1.54, 1.807) is 0 Å². The molecule has 0 N–H and O–H groups in total. The molecule has 2 nitrogen and oxygen atoms in total. The van der Waals surface area contributed by atoms with Crippen molar-refractivity contribution in [1.82, 2.24) is 0 Å². The maximum atomic E-state index is 12.4. The van der Waals surface area contributed by atoms with Gasteiger partial charge in [0.05, 0.1) is 12.2 Å². The zero-order chi connectivity index (χ0) is 16.1. The second-order valence-corrected chi connectivity index (χ2v) is 7.94. The third kappa shape index (κ3) is 6.33. The molecule has 1 aromatic carbocycles. The molecule has 0 aromatic heterocycles. The van der Waals surface area contributed by atoms with Crippen molar-refractivity contribution < 1.29 is 9.53 Å². The average molecular weight is 290 g/mol. The van der Waals surface area contributed by atoms with Crippen molar-refractivity contribution in [2.45, 2.75) is 60.8 Å². The summed E-state index contributed by atoms with van der Waals surface area (Å²) in [7, 11) is 0. The summed E-state index contributed by atoms with van der Waals surface area (Å²) in [6.07, 6.45) is 3.37. The van der Waals surface area contributed by atoms with E-state index in [1.165, 1.54) is 6.42 Å². The van der Waals surface area contributed by atoms with Crippen LogP contribution in [0.15, 0.2) is 24.3 Å². The first-order valence-corrected chi connectivity index (χ1v) is 7.88. The van der Waals surface area contributed by atoms with Crippen LogP contribution < -0.4 is 4.74 Å². The van der Waals surface area contributed by atoms with Crippen molar-refractivity contribution in [3.8, 4) is 5.75 Å². The molecule has 0 saturated carbocycles. The Hall–Kier alpha value is -1.31. The number of unbranched alkanes of at least 4 members (excludes halogenated alkanes) is 1. The zero-order valence-corrected chi connectivity index (χ0v) is 14.5. The molecule has 0 aliphatic carbocycles. The van der Waals surface area contributed by atoms with E-state index < -0.39 is 0 Å². The van der Waals surface area contributed by atoms with Crippen LogP contribution in [-0.2, 0) is 0 Å². The van der Waals surface area contributed by atoms with Crippen LogP contribution in [0.25, 0.3) is 0 Å². The normalized spacial score (nSPS) is 12.3. The largest absolute Gasteiger partial charge is 0.493 e. The standard InChI is InChI=1S/C19H30O2/c1-18(2,3)13-9-10-14-21-16-12-8-7-11-15(16)17(20)19(4,5)6/h7-8,11-12H,9-10,13-14H2,1-6H3. The summed E-state index contributed by atoms with van der Waals surface area (Å²) in [6.45, 7) is 13.3. The van der Waals surface area contributed by atoms with Crippen molar-refractivity contribution in [3.05, 3.63) is 29.8 Å². The van der Waals surface area contributed by atoms with Crippen LogP contribution in [0.2, 0.25) is 0 Å². The summed E-state index contributed by atoms with van der Waals surface area (Å²) in [5.74, 6) is 0.848. The van der Waals surface area contributed by atoms with Gasteiger partial charge < -0.3 is 4.74 Å². The Bertz CT molecular complexity index is 461. The molecular weight excluding hydrogens is 260 g/mol. The Morgan fingerprint density at radius 3 is 2.19 bits per heavy atom. The van der Waals surface area contributed by atoms with Crippen LogP contribution in [-0.4, -0.2) is 12.4 Å². The van der Waals surface area contributed by atoms with Crippen molar-refractivity contribution in [3.63, 3.8) is 0 Å². The highest BCUT2D eigenvalue weighted by Crippen LogP contribution is 2.28. The third-order valence-electron chi connectivity index (χ3n) is 3.39. The summed E-state index contributed by atoms with van der Waals surface area (Å²) in [4.78, 5) is 12.4. The zero-order valence-electron chi connectivity index (χ0n) is 14.5. The Balaban J connectivity index is 2.58. The fourth-order valence-electron chi connectivity index (χ4n) is 2.12. The van der Waals surface area contributed by atoms with E-state index >= 15 is 0 Å². The number of Topliss-reactive ketones (excluding diaryl/α,β-unsaturated/α-hetero) is 1. The number of carbonyl (C=O) groups is 1. The Morgan fingerprint density at radius 2 is 1.62 bits per heavy atom. The summed E-state index contributed by atoms with van der Waals surface area (Å²) >= 11 is 0. The van der Waals surface area contributed by atoms with Crippen molar-refractivity contribution in [1.29, 1.82) is 0 Å². The molecule has 0 bridgehead atoms. The lowest BCUT2D eigenvalue weighted by Gasteiger charge is -2.20. The van der Waals surface area contributed by atoms with Gasteiger partial charge in [0, 0.05) is 5.41 Å². The van der Waals surface area contributed by atoms with E-state index in [2.05, 4.69) is 20.8 Å². The van der Waals surface area contributed by atoms with Gasteiger partial charge in [-0.1, -0.05) is 53.7 Å². The van der Waals surface area contributed by atoms with Gasteiger partial charge in [-0.3, -0.25) is 4.79 Å². The highest BCUT2D eigenvalue weighted by molar-refractivity contribution is 6.02. The first kappa shape index (κ1) is 17.7. The van der Waals surface area contributed by atoms with Crippen LogP contribution >= 0.6 is 0 Å². The minimum absolute atomic E-state index is 0.132. The SMILES string of the molecule is CC(C)(C)CCCCOc1ccccc1C(=O)C(C)(C)C. The van der Waals surface area contributed by atoms with Gasteiger partial charge in [0.2, 0.25) is 0 Å². The summed E-state index contributed by atoms with van der Waals surface area (Å²) in [5.41, 5.74) is 0.687. The van der Waals surface area contributed by atoms with E-state index in [-0.39, 0.29) is 11.2 Å². The third-order valence-corrected chi connectivity index (χ3v) is 3.39. The van der Waals surface area contributed by atoms with E-state index in [0.29, 0.717) is 23.3 Å². The lowest BCUT2D eigenvalue weighted by Crippen LogP contribution is -2.21. The van der Waals surface area contributed by atoms with Crippen molar-refractivity contribution >= 4 is 5.78 Å². The van der Waals surface area contributed by atoms with Crippen LogP contribution in [0.5, 0.6) is 5.75 Å².